The van der Waals surface area contributed by atoms with Crippen LogP contribution in [0.15, 0.2) is 22.7 Å². The summed E-state index contributed by atoms with van der Waals surface area (Å²) >= 11 is 3.17. The van der Waals surface area contributed by atoms with Crippen molar-refractivity contribution in [3.8, 4) is 12.3 Å². The molecule has 0 fully saturated rings. The Morgan fingerprint density at radius 3 is 2.67 bits per heavy atom. The van der Waals surface area contributed by atoms with Gasteiger partial charge in [-0.2, -0.15) is 0 Å². The van der Waals surface area contributed by atoms with Crippen LogP contribution in [-0.2, 0) is 0 Å². The molecule has 1 unspecified atom stereocenters. The van der Waals surface area contributed by atoms with E-state index in [1.807, 2.05) is 0 Å². The number of amides is 2. The van der Waals surface area contributed by atoms with E-state index in [4.69, 9.17) is 11.5 Å². The molecule has 5 nitrogen and oxygen atoms in total. The largest absolute Gasteiger partial charge is 0.478 e. The molecular weight excluding hydrogens is 300 g/mol. The minimum absolute atomic E-state index is 0.0738. The van der Waals surface area contributed by atoms with E-state index in [0.717, 1.165) is 0 Å². The smallest absolute Gasteiger partial charge is 0.335 e. The first-order valence-electron chi connectivity index (χ1n) is 5.00. The molecule has 0 aliphatic carbocycles. The van der Waals surface area contributed by atoms with Crippen molar-refractivity contribution in [3.63, 3.8) is 0 Å². The van der Waals surface area contributed by atoms with Crippen LogP contribution >= 0.6 is 15.9 Å². The number of carboxylic acids is 1. The second-order valence-corrected chi connectivity index (χ2v) is 4.44. The molecule has 0 saturated heterocycles. The van der Waals surface area contributed by atoms with Gasteiger partial charge in [0, 0.05) is 10.2 Å². The maximum absolute atomic E-state index is 11.5. The lowest BCUT2D eigenvalue weighted by atomic mass is 10.2. The van der Waals surface area contributed by atoms with Gasteiger partial charge in [-0.3, -0.25) is 0 Å². The summed E-state index contributed by atoms with van der Waals surface area (Å²) < 4.78 is 0.558. The molecule has 0 bridgehead atoms. The molecule has 0 saturated carbocycles. The van der Waals surface area contributed by atoms with Gasteiger partial charge in [-0.1, -0.05) is 21.9 Å². The van der Waals surface area contributed by atoms with E-state index in [-0.39, 0.29) is 5.56 Å². The molecule has 2 amide bonds. The van der Waals surface area contributed by atoms with Crippen molar-refractivity contribution < 1.29 is 14.7 Å². The van der Waals surface area contributed by atoms with E-state index in [9.17, 15) is 9.59 Å². The summed E-state index contributed by atoms with van der Waals surface area (Å²) in [5, 5.41) is 13.9. The molecule has 1 aromatic carbocycles. The van der Waals surface area contributed by atoms with Gasteiger partial charge < -0.3 is 15.7 Å². The van der Waals surface area contributed by atoms with Crippen molar-refractivity contribution in [2.45, 2.75) is 13.0 Å². The van der Waals surface area contributed by atoms with Crippen LogP contribution in [0.3, 0.4) is 0 Å². The van der Waals surface area contributed by atoms with Gasteiger partial charge in [0.25, 0.3) is 0 Å². The first kappa shape index (κ1) is 14.1. The Bertz CT molecular complexity index is 523. The molecule has 94 valence electrons. The van der Waals surface area contributed by atoms with Crippen LogP contribution in [0.1, 0.15) is 17.3 Å². The predicted octanol–water partition coefficient (Wildman–Crippen LogP) is 2.29. The van der Waals surface area contributed by atoms with Crippen LogP contribution in [-0.4, -0.2) is 23.1 Å². The van der Waals surface area contributed by atoms with Crippen molar-refractivity contribution in [1.82, 2.24) is 5.32 Å². The lowest BCUT2D eigenvalue weighted by Gasteiger charge is -2.10. The Morgan fingerprint density at radius 2 is 2.11 bits per heavy atom. The number of carboxylic acid groups (broad SMARTS) is 1. The highest BCUT2D eigenvalue weighted by Gasteiger charge is 2.09. The number of benzene rings is 1. The van der Waals surface area contributed by atoms with Gasteiger partial charge in [0.1, 0.15) is 0 Å². The average Bonchev–Trinajstić information content (AvgIpc) is 2.27. The molecule has 1 aromatic rings. The molecule has 0 heterocycles. The number of rotatable bonds is 3. The van der Waals surface area contributed by atoms with Gasteiger partial charge in [-0.05, 0) is 25.1 Å². The number of urea groups is 1. The summed E-state index contributed by atoms with van der Waals surface area (Å²) in [4.78, 5) is 22.3. The number of hydrogen-bond acceptors (Lipinski definition) is 2. The lowest BCUT2D eigenvalue weighted by molar-refractivity contribution is 0.0697. The first-order chi connectivity index (χ1) is 8.42. The minimum Gasteiger partial charge on any atom is -0.478 e. The molecule has 6 heteroatoms. The number of aromatic carboxylic acids is 1. The number of carbonyl (C=O) groups excluding carboxylic acids is 1. The summed E-state index contributed by atoms with van der Waals surface area (Å²) in [6.07, 6.45) is 5.12. The van der Waals surface area contributed by atoms with E-state index in [2.05, 4.69) is 32.5 Å². The Hall–Kier alpha value is -2.00. The van der Waals surface area contributed by atoms with Gasteiger partial charge in [-0.25, -0.2) is 9.59 Å². The van der Waals surface area contributed by atoms with Crippen molar-refractivity contribution in [3.05, 3.63) is 28.2 Å². The quantitative estimate of drug-likeness (QED) is 0.749. The van der Waals surface area contributed by atoms with Crippen LogP contribution in [0.5, 0.6) is 0 Å². The average molecular weight is 311 g/mol. The highest BCUT2D eigenvalue weighted by Crippen LogP contribution is 2.19. The van der Waals surface area contributed by atoms with Crippen molar-refractivity contribution in [2.24, 2.45) is 0 Å². The summed E-state index contributed by atoms with van der Waals surface area (Å²) in [6, 6.07) is 3.49. The van der Waals surface area contributed by atoms with Gasteiger partial charge in [0.2, 0.25) is 0 Å². The Balaban J connectivity index is 2.82. The monoisotopic (exact) mass is 310 g/mol. The summed E-state index contributed by atoms with van der Waals surface area (Å²) in [5.74, 6) is 1.27. The van der Waals surface area contributed by atoms with Crippen LogP contribution in [0, 0.1) is 12.3 Å². The highest BCUT2D eigenvalue weighted by molar-refractivity contribution is 9.10. The van der Waals surface area contributed by atoms with Crippen LogP contribution in [0.2, 0.25) is 0 Å². The third-order valence-corrected chi connectivity index (χ3v) is 2.46. The Morgan fingerprint density at radius 1 is 1.44 bits per heavy atom. The number of hydrogen-bond donors (Lipinski definition) is 3. The number of nitrogens with one attached hydrogen (secondary N) is 2. The summed E-state index contributed by atoms with van der Waals surface area (Å²) in [7, 11) is 0. The maximum Gasteiger partial charge on any atom is 0.335 e. The first-order valence-corrected chi connectivity index (χ1v) is 5.79. The van der Waals surface area contributed by atoms with Crippen molar-refractivity contribution in [1.29, 1.82) is 0 Å². The molecule has 0 aliphatic rings. The zero-order valence-electron chi connectivity index (χ0n) is 9.53. The second kappa shape index (κ2) is 6.07. The Kier molecular flexibility index (Phi) is 4.75. The molecule has 0 aliphatic heterocycles. The third-order valence-electron chi connectivity index (χ3n) is 2.00. The van der Waals surface area contributed by atoms with Crippen molar-refractivity contribution >= 4 is 33.6 Å². The molecule has 1 rings (SSSR count). The van der Waals surface area contributed by atoms with E-state index in [1.54, 1.807) is 13.0 Å². The number of halogens is 1. The minimum atomic E-state index is -1.07. The molecule has 3 N–H and O–H groups in total. The van der Waals surface area contributed by atoms with Gasteiger partial charge in [0.15, 0.2) is 0 Å². The molecule has 0 radical (unpaired) electrons. The maximum atomic E-state index is 11.5. The fourth-order valence-electron chi connectivity index (χ4n) is 1.19. The summed E-state index contributed by atoms with van der Waals surface area (Å²) in [5.41, 5.74) is 0.438. The zero-order valence-corrected chi connectivity index (χ0v) is 11.1. The normalized spacial score (nSPS) is 11.2. The molecule has 1 atom stereocenters. The van der Waals surface area contributed by atoms with Crippen LogP contribution < -0.4 is 10.6 Å². The molecule has 18 heavy (non-hydrogen) atoms. The van der Waals surface area contributed by atoms with Gasteiger partial charge >= 0.3 is 12.0 Å². The molecule has 0 spiro atoms. The fourth-order valence-corrected chi connectivity index (χ4v) is 1.68. The molecular formula is C12H11BrN2O3. The van der Waals surface area contributed by atoms with Crippen molar-refractivity contribution in [2.75, 3.05) is 5.32 Å². The second-order valence-electron chi connectivity index (χ2n) is 3.52. The van der Waals surface area contributed by atoms with E-state index >= 15 is 0 Å². The zero-order chi connectivity index (χ0) is 13.7. The number of anilines is 1. The third kappa shape index (κ3) is 4.11. The Labute approximate surface area is 113 Å². The number of terminal acetylenes is 1. The van der Waals surface area contributed by atoms with E-state index in [0.29, 0.717) is 10.2 Å². The molecule has 0 aromatic heterocycles. The van der Waals surface area contributed by atoms with Gasteiger partial charge in [-0.15, -0.1) is 6.42 Å². The van der Waals surface area contributed by atoms with Crippen LogP contribution in [0.4, 0.5) is 10.5 Å². The van der Waals surface area contributed by atoms with Crippen LogP contribution in [0.25, 0.3) is 0 Å². The topological polar surface area (TPSA) is 78.4 Å². The highest BCUT2D eigenvalue weighted by atomic mass is 79.9. The van der Waals surface area contributed by atoms with E-state index in [1.165, 1.54) is 12.1 Å². The standard InChI is InChI=1S/C12H11BrN2O3/c1-3-7(2)14-12(18)15-10-5-8(11(16)17)4-9(13)6-10/h1,4-7H,2H3,(H,16,17)(H2,14,15,18). The van der Waals surface area contributed by atoms with Gasteiger partial charge in [0.05, 0.1) is 11.6 Å². The van der Waals surface area contributed by atoms with E-state index < -0.39 is 18.0 Å². The SMILES string of the molecule is C#CC(C)NC(=O)Nc1cc(Br)cc(C(=O)O)c1. The fraction of sp³-hybridized carbons (Fsp3) is 0.167. The number of carbonyl (C=O) groups is 2. The predicted molar refractivity (Wildman–Crippen MR) is 71.6 cm³/mol. The lowest BCUT2D eigenvalue weighted by Crippen LogP contribution is -2.35. The summed E-state index contributed by atoms with van der Waals surface area (Å²) in [6.45, 7) is 1.66.